The maximum atomic E-state index is 12.9. The summed E-state index contributed by atoms with van der Waals surface area (Å²) < 4.78 is 2.16. The van der Waals surface area contributed by atoms with E-state index in [1.807, 2.05) is 4.90 Å². The molecule has 27 heavy (non-hydrogen) atoms. The van der Waals surface area contributed by atoms with Crippen molar-refractivity contribution >= 4 is 11.8 Å². The van der Waals surface area contributed by atoms with E-state index in [1.54, 1.807) is 0 Å². The summed E-state index contributed by atoms with van der Waals surface area (Å²) in [5.41, 5.74) is 0. The summed E-state index contributed by atoms with van der Waals surface area (Å²) in [4.78, 5) is 27.6. The van der Waals surface area contributed by atoms with E-state index in [4.69, 9.17) is 0 Å². The van der Waals surface area contributed by atoms with Gasteiger partial charge in [0.2, 0.25) is 11.8 Å². The molecule has 4 rings (SSSR count). The molecule has 0 aromatic carbocycles. The minimum atomic E-state index is -0.314. The molecule has 2 aliphatic heterocycles. The van der Waals surface area contributed by atoms with Crippen molar-refractivity contribution in [3.05, 3.63) is 11.6 Å². The second-order valence-electron chi connectivity index (χ2n) is 8.24. The van der Waals surface area contributed by atoms with Crippen LogP contribution >= 0.6 is 0 Å². The SMILES string of the molecule is O=C(NCc1nnc2n1CCCCC2)[C@@H]1CCCN1C(=O)C1CCCCC1. The quantitative estimate of drug-likeness (QED) is 0.877. The highest BCUT2D eigenvalue weighted by atomic mass is 16.2. The van der Waals surface area contributed by atoms with Crippen molar-refractivity contribution in [1.82, 2.24) is 25.0 Å². The Bertz CT molecular complexity index is 680. The van der Waals surface area contributed by atoms with E-state index < -0.39 is 0 Å². The fourth-order valence-electron chi connectivity index (χ4n) is 4.85. The lowest BCUT2D eigenvalue weighted by Crippen LogP contribution is -2.48. The number of likely N-dealkylation sites (tertiary alicyclic amines) is 1. The second kappa shape index (κ2) is 8.40. The van der Waals surface area contributed by atoms with Gasteiger partial charge in [0.1, 0.15) is 11.9 Å². The Kier molecular flexibility index (Phi) is 5.74. The van der Waals surface area contributed by atoms with Gasteiger partial charge in [0.05, 0.1) is 6.54 Å². The van der Waals surface area contributed by atoms with Crippen LogP contribution in [0.5, 0.6) is 0 Å². The van der Waals surface area contributed by atoms with Crippen molar-refractivity contribution in [1.29, 1.82) is 0 Å². The van der Waals surface area contributed by atoms with Gasteiger partial charge in [-0.05, 0) is 38.5 Å². The van der Waals surface area contributed by atoms with E-state index in [0.29, 0.717) is 13.1 Å². The number of carbonyl (C=O) groups is 2. The number of aromatic nitrogens is 3. The van der Waals surface area contributed by atoms with Crippen LogP contribution < -0.4 is 5.32 Å². The van der Waals surface area contributed by atoms with Crippen molar-refractivity contribution in [3.8, 4) is 0 Å². The predicted octanol–water partition coefficient (Wildman–Crippen LogP) is 2.19. The van der Waals surface area contributed by atoms with Gasteiger partial charge in [0, 0.05) is 25.4 Å². The minimum Gasteiger partial charge on any atom is -0.347 e. The van der Waals surface area contributed by atoms with Crippen molar-refractivity contribution < 1.29 is 9.59 Å². The van der Waals surface area contributed by atoms with Crippen LogP contribution in [0.2, 0.25) is 0 Å². The molecule has 1 aliphatic carbocycles. The zero-order valence-electron chi connectivity index (χ0n) is 16.2. The topological polar surface area (TPSA) is 80.1 Å². The lowest BCUT2D eigenvalue weighted by atomic mass is 9.88. The molecule has 7 heteroatoms. The van der Waals surface area contributed by atoms with E-state index in [0.717, 1.165) is 76.0 Å². The summed E-state index contributed by atoms with van der Waals surface area (Å²) in [6.07, 6.45) is 11.6. The van der Waals surface area contributed by atoms with Gasteiger partial charge in [-0.3, -0.25) is 9.59 Å². The first-order valence-corrected chi connectivity index (χ1v) is 10.7. The summed E-state index contributed by atoms with van der Waals surface area (Å²) in [6, 6.07) is -0.314. The van der Waals surface area contributed by atoms with E-state index in [2.05, 4.69) is 20.1 Å². The van der Waals surface area contributed by atoms with Gasteiger partial charge in [-0.2, -0.15) is 0 Å². The average Bonchev–Trinajstić information content (AvgIpc) is 3.27. The molecule has 1 aromatic heterocycles. The lowest BCUT2D eigenvalue weighted by molar-refractivity contribution is -0.142. The predicted molar refractivity (Wildman–Crippen MR) is 101 cm³/mol. The number of rotatable bonds is 4. The minimum absolute atomic E-state index is 0.0392. The van der Waals surface area contributed by atoms with E-state index in [-0.39, 0.29) is 23.8 Å². The zero-order valence-corrected chi connectivity index (χ0v) is 16.2. The number of nitrogens with one attached hydrogen (secondary N) is 1. The fraction of sp³-hybridized carbons (Fsp3) is 0.800. The Morgan fingerprint density at radius 2 is 1.74 bits per heavy atom. The van der Waals surface area contributed by atoms with Crippen molar-refractivity contribution in [2.75, 3.05) is 6.54 Å². The zero-order chi connectivity index (χ0) is 18.6. The molecular weight excluding hydrogens is 342 g/mol. The molecule has 1 saturated heterocycles. The second-order valence-corrected chi connectivity index (χ2v) is 8.24. The Labute approximate surface area is 160 Å². The van der Waals surface area contributed by atoms with Crippen LogP contribution in [0.4, 0.5) is 0 Å². The Morgan fingerprint density at radius 1 is 0.926 bits per heavy atom. The Balaban J connectivity index is 1.36. The van der Waals surface area contributed by atoms with Gasteiger partial charge < -0.3 is 14.8 Å². The maximum Gasteiger partial charge on any atom is 0.243 e. The molecule has 1 aromatic rings. The monoisotopic (exact) mass is 373 g/mol. The van der Waals surface area contributed by atoms with Crippen LogP contribution in [-0.2, 0) is 29.1 Å². The molecule has 1 saturated carbocycles. The number of aryl methyl sites for hydroxylation is 1. The van der Waals surface area contributed by atoms with Crippen molar-refractivity contribution in [2.45, 2.75) is 89.8 Å². The molecule has 148 valence electrons. The third kappa shape index (κ3) is 4.01. The van der Waals surface area contributed by atoms with Gasteiger partial charge in [-0.15, -0.1) is 10.2 Å². The molecule has 0 unspecified atom stereocenters. The van der Waals surface area contributed by atoms with E-state index in [9.17, 15) is 9.59 Å². The summed E-state index contributed by atoms with van der Waals surface area (Å²) in [5.74, 6) is 2.15. The third-order valence-electron chi connectivity index (χ3n) is 6.40. The van der Waals surface area contributed by atoms with E-state index >= 15 is 0 Å². The summed E-state index contributed by atoms with van der Waals surface area (Å²) in [5, 5.41) is 11.6. The first-order chi connectivity index (χ1) is 13.2. The largest absolute Gasteiger partial charge is 0.347 e. The Hall–Kier alpha value is -1.92. The van der Waals surface area contributed by atoms with Crippen LogP contribution in [0, 0.1) is 5.92 Å². The van der Waals surface area contributed by atoms with Gasteiger partial charge in [-0.25, -0.2) is 0 Å². The molecule has 0 spiro atoms. The summed E-state index contributed by atoms with van der Waals surface area (Å²) >= 11 is 0. The summed E-state index contributed by atoms with van der Waals surface area (Å²) in [7, 11) is 0. The molecule has 7 nitrogen and oxygen atoms in total. The van der Waals surface area contributed by atoms with Crippen LogP contribution in [0.3, 0.4) is 0 Å². The molecule has 3 heterocycles. The normalized spacial score (nSPS) is 23.7. The molecule has 0 radical (unpaired) electrons. The first kappa shape index (κ1) is 18.4. The number of fused-ring (bicyclic) bond motifs is 1. The highest BCUT2D eigenvalue weighted by Crippen LogP contribution is 2.29. The third-order valence-corrected chi connectivity index (χ3v) is 6.40. The number of hydrogen-bond donors (Lipinski definition) is 1. The van der Waals surface area contributed by atoms with Crippen LogP contribution in [-0.4, -0.2) is 44.1 Å². The summed E-state index contributed by atoms with van der Waals surface area (Å²) in [6.45, 7) is 2.05. The first-order valence-electron chi connectivity index (χ1n) is 10.7. The molecule has 2 amide bonds. The highest BCUT2D eigenvalue weighted by molar-refractivity contribution is 5.89. The van der Waals surface area contributed by atoms with Gasteiger partial charge in [0.15, 0.2) is 5.82 Å². The molecule has 3 aliphatic rings. The molecular formula is C20H31N5O2. The number of nitrogens with zero attached hydrogens (tertiary/aromatic N) is 4. The molecule has 2 fully saturated rings. The van der Waals surface area contributed by atoms with Gasteiger partial charge in [-0.1, -0.05) is 25.7 Å². The van der Waals surface area contributed by atoms with Gasteiger partial charge >= 0.3 is 0 Å². The average molecular weight is 374 g/mol. The number of carbonyl (C=O) groups excluding carboxylic acids is 2. The van der Waals surface area contributed by atoms with Gasteiger partial charge in [0.25, 0.3) is 0 Å². The molecule has 1 atom stereocenters. The van der Waals surface area contributed by atoms with E-state index in [1.165, 1.54) is 12.8 Å². The smallest absolute Gasteiger partial charge is 0.243 e. The highest BCUT2D eigenvalue weighted by Gasteiger charge is 2.37. The van der Waals surface area contributed by atoms with Crippen LogP contribution in [0.25, 0.3) is 0 Å². The molecule has 0 bridgehead atoms. The standard InChI is InChI=1S/C20H31N5O2/c26-19(21-14-18-23-22-17-11-5-2-6-12-25(17)18)16-10-7-13-24(16)20(27)15-8-3-1-4-9-15/h15-16H,1-14H2,(H,21,26)/t16-/m0/s1. The molecule has 1 N–H and O–H groups in total. The number of amides is 2. The van der Waals surface area contributed by atoms with Crippen LogP contribution in [0.1, 0.15) is 75.9 Å². The maximum absolute atomic E-state index is 12.9. The van der Waals surface area contributed by atoms with Crippen LogP contribution in [0.15, 0.2) is 0 Å². The fourth-order valence-corrected chi connectivity index (χ4v) is 4.85. The lowest BCUT2D eigenvalue weighted by Gasteiger charge is -2.30. The van der Waals surface area contributed by atoms with Crippen molar-refractivity contribution in [3.63, 3.8) is 0 Å². The van der Waals surface area contributed by atoms with Crippen molar-refractivity contribution in [2.24, 2.45) is 5.92 Å². The Morgan fingerprint density at radius 3 is 2.59 bits per heavy atom. The number of hydrogen-bond acceptors (Lipinski definition) is 4.